The van der Waals surface area contributed by atoms with Gasteiger partial charge >= 0.3 is 0 Å². The molecule has 0 spiro atoms. The third-order valence-electron chi connectivity index (χ3n) is 18.4. The molecular weight excluding hydrogens is 953 g/mol. The minimum atomic E-state index is -0.500. The Morgan fingerprint density at radius 1 is 0.291 bits per heavy atom. The Morgan fingerprint density at radius 2 is 0.709 bits per heavy atom. The summed E-state index contributed by atoms with van der Waals surface area (Å²) in [5.41, 5.74) is 27.2. The number of hydrogen-bond acceptors (Lipinski definition) is 1. The highest BCUT2D eigenvalue weighted by molar-refractivity contribution is 6.11. The van der Waals surface area contributed by atoms with Crippen molar-refractivity contribution in [3.05, 3.63) is 311 Å². The number of hydrogen-bond donors (Lipinski definition) is 0. The normalized spacial score (nSPS) is 14.6. The average Bonchev–Trinajstić information content (AvgIpc) is 3.80. The summed E-state index contributed by atoms with van der Waals surface area (Å²) < 4.78 is 2.44. The molecule has 3 aliphatic carbocycles. The van der Waals surface area contributed by atoms with Crippen LogP contribution in [0.3, 0.4) is 0 Å². The van der Waals surface area contributed by atoms with Gasteiger partial charge in [-0.25, -0.2) is 0 Å². The Bertz CT molecular complexity index is 4510. The lowest BCUT2D eigenvalue weighted by atomic mass is 9.67. The largest absolute Gasteiger partial charge is 0.310 e. The topological polar surface area (TPSA) is 8.17 Å². The van der Waals surface area contributed by atoms with Gasteiger partial charge in [0.1, 0.15) is 0 Å². The van der Waals surface area contributed by atoms with Gasteiger partial charge in [-0.15, -0.1) is 0 Å². The maximum Gasteiger partial charge on any atom is 0.0713 e. The van der Waals surface area contributed by atoms with Crippen molar-refractivity contribution >= 4 is 49.6 Å². The van der Waals surface area contributed by atoms with Crippen molar-refractivity contribution in [1.82, 2.24) is 4.57 Å². The third-order valence-corrected chi connectivity index (χ3v) is 18.4. The van der Waals surface area contributed by atoms with Gasteiger partial charge in [-0.3, -0.25) is 0 Å². The number of rotatable bonds is 7. The number of para-hydroxylation sites is 1. The van der Waals surface area contributed by atoms with Crippen molar-refractivity contribution in [1.29, 1.82) is 0 Å². The van der Waals surface area contributed by atoms with E-state index in [0.29, 0.717) is 0 Å². The van der Waals surface area contributed by atoms with E-state index in [9.17, 15) is 0 Å². The highest BCUT2D eigenvalue weighted by Crippen LogP contribution is 2.58. The third kappa shape index (κ3) is 6.46. The summed E-state index contributed by atoms with van der Waals surface area (Å²) in [6.07, 6.45) is 0. The Kier molecular flexibility index (Phi) is 9.68. The number of aromatic nitrogens is 1. The SMILES string of the molecule is CC1(C)c2ccccc2-c2ccc(N(c3ccc4c(c3)C(C)(C)c3ccccc3-4)c3ccc4cc(-c5ccc6c(c5)c5cc(C7(c8ccccc8)c8ccccc8-c8ccccc87)ccc5n6-c5ccccc5)ccc4c3)cc21. The fourth-order valence-electron chi connectivity index (χ4n) is 14.7. The standard InChI is InChI=1S/C77H56N2/c1-75(2)67-27-15-11-23-59(67)63-39-37-57(47-71(63)75)78(58-38-40-64-60-24-12-16-28-68(60)76(3,4)72(64)48-58)56-36-33-50-43-49(31-32-51(50)44-56)52-34-41-73-65(45-52)66-46-54(35-42-74(66)79(73)55-21-9-6-10-22-55)77(53-19-7-5-8-20-53)69-29-17-13-25-61(69)62-26-14-18-30-70(62)77/h5-48H,1-4H3. The van der Waals surface area contributed by atoms with Crippen LogP contribution in [0.2, 0.25) is 0 Å². The molecule has 16 rings (SSSR count). The van der Waals surface area contributed by atoms with Crippen LogP contribution in [0.5, 0.6) is 0 Å². The van der Waals surface area contributed by atoms with Crippen LogP contribution in [0, 0.1) is 0 Å². The molecule has 0 unspecified atom stereocenters. The maximum atomic E-state index is 2.50. The van der Waals surface area contributed by atoms with Crippen LogP contribution in [-0.4, -0.2) is 4.57 Å². The van der Waals surface area contributed by atoms with Crippen LogP contribution < -0.4 is 4.90 Å². The molecule has 2 heteroatoms. The van der Waals surface area contributed by atoms with Crippen LogP contribution >= 0.6 is 0 Å². The molecule has 13 aromatic rings. The Balaban J connectivity index is 0.843. The molecule has 0 saturated heterocycles. The summed E-state index contributed by atoms with van der Waals surface area (Å²) in [7, 11) is 0. The lowest BCUT2D eigenvalue weighted by Crippen LogP contribution is -2.28. The van der Waals surface area contributed by atoms with Crippen LogP contribution in [0.15, 0.2) is 267 Å². The molecule has 374 valence electrons. The van der Waals surface area contributed by atoms with Gasteiger partial charge in [-0.1, -0.05) is 216 Å². The summed E-state index contributed by atoms with van der Waals surface area (Å²) in [6, 6.07) is 101. The Labute approximate surface area is 462 Å². The molecular formula is C77H56N2. The minimum absolute atomic E-state index is 0.129. The first-order chi connectivity index (χ1) is 38.7. The first-order valence-corrected chi connectivity index (χ1v) is 27.9. The first kappa shape index (κ1) is 45.7. The second-order valence-corrected chi connectivity index (χ2v) is 23.2. The van der Waals surface area contributed by atoms with Gasteiger partial charge in [-0.2, -0.15) is 0 Å². The molecule has 0 atom stereocenters. The highest BCUT2D eigenvalue weighted by atomic mass is 15.1. The fourth-order valence-corrected chi connectivity index (χ4v) is 14.7. The van der Waals surface area contributed by atoms with E-state index in [1.807, 2.05) is 0 Å². The van der Waals surface area contributed by atoms with Crippen LogP contribution in [0.1, 0.15) is 72.2 Å². The zero-order valence-electron chi connectivity index (χ0n) is 44.8. The average molecular weight is 1010 g/mol. The van der Waals surface area contributed by atoms with Crippen molar-refractivity contribution in [3.8, 4) is 50.2 Å². The van der Waals surface area contributed by atoms with E-state index in [0.717, 1.165) is 22.7 Å². The van der Waals surface area contributed by atoms with E-state index in [4.69, 9.17) is 0 Å². The lowest BCUT2D eigenvalue weighted by Gasteiger charge is -2.34. The van der Waals surface area contributed by atoms with E-state index in [2.05, 4.69) is 304 Å². The molecule has 0 saturated carbocycles. The lowest BCUT2D eigenvalue weighted by molar-refractivity contribution is 0.660. The number of benzene rings is 12. The van der Waals surface area contributed by atoms with Crippen molar-refractivity contribution in [2.45, 2.75) is 43.9 Å². The summed E-state index contributed by atoms with van der Waals surface area (Å²) in [4.78, 5) is 2.49. The van der Waals surface area contributed by atoms with Gasteiger partial charge in [0.15, 0.2) is 0 Å². The predicted octanol–water partition coefficient (Wildman–Crippen LogP) is 20.0. The van der Waals surface area contributed by atoms with Crippen molar-refractivity contribution in [3.63, 3.8) is 0 Å². The second-order valence-electron chi connectivity index (χ2n) is 23.2. The summed E-state index contributed by atoms with van der Waals surface area (Å²) >= 11 is 0. The second kappa shape index (κ2) is 16.8. The molecule has 1 heterocycles. The predicted molar refractivity (Wildman–Crippen MR) is 331 cm³/mol. The summed E-state index contributed by atoms with van der Waals surface area (Å²) in [6.45, 7) is 9.50. The number of nitrogens with zero attached hydrogens (tertiary/aromatic N) is 2. The Morgan fingerprint density at radius 3 is 1.30 bits per heavy atom. The van der Waals surface area contributed by atoms with E-state index in [-0.39, 0.29) is 10.8 Å². The maximum absolute atomic E-state index is 2.50. The van der Waals surface area contributed by atoms with Gasteiger partial charge in [0, 0.05) is 44.4 Å². The van der Waals surface area contributed by atoms with E-state index < -0.39 is 5.41 Å². The molecule has 0 amide bonds. The monoisotopic (exact) mass is 1010 g/mol. The molecule has 3 aliphatic rings. The zero-order valence-corrected chi connectivity index (χ0v) is 44.8. The minimum Gasteiger partial charge on any atom is -0.310 e. The molecule has 2 nitrogen and oxygen atoms in total. The van der Waals surface area contributed by atoms with Crippen LogP contribution in [0.4, 0.5) is 17.1 Å². The smallest absolute Gasteiger partial charge is 0.0713 e. The van der Waals surface area contributed by atoms with Crippen molar-refractivity contribution < 1.29 is 0 Å². The van der Waals surface area contributed by atoms with Crippen LogP contribution in [-0.2, 0) is 16.2 Å². The molecule has 12 aromatic carbocycles. The summed E-state index contributed by atoms with van der Waals surface area (Å²) in [5, 5.41) is 4.87. The molecule has 0 radical (unpaired) electrons. The van der Waals surface area contributed by atoms with Crippen LogP contribution in [0.25, 0.3) is 82.8 Å². The molecule has 0 N–H and O–H groups in total. The Hall–Kier alpha value is -9.50. The van der Waals surface area contributed by atoms with Gasteiger partial charge in [0.05, 0.1) is 16.4 Å². The van der Waals surface area contributed by atoms with Crippen molar-refractivity contribution in [2.24, 2.45) is 0 Å². The molecule has 1 aromatic heterocycles. The quantitative estimate of drug-likeness (QED) is 0.154. The molecule has 79 heavy (non-hydrogen) atoms. The molecule has 0 aliphatic heterocycles. The highest BCUT2D eigenvalue weighted by Gasteiger charge is 2.46. The first-order valence-electron chi connectivity index (χ1n) is 27.9. The van der Waals surface area contributed by atoms with E-state index in [1.165, 1.54) is 122 Å². The van der Waals surface area contributed by atoms with Gasteiger partial charge in [-0.05, 0) is 179 Å². The number of fused-ring (bicyclic) bond motifs is 13. The zero-order chi connectivity index (χ0) is 52.8. The van der Waals surface area contributed by atoms with E-state index >= 15 is 0 Å². The van der Waals surface area contributed by atoms with Crippen molar-refractivity contribution in [2.75, 3.05) is 4.90 Å². The number of anilines is 3. The van der Waals surface area contributed by atoms with Gasteiger partial charge in [0.2, 0.25) is 0 Å². The van der Waals surface area contributed by atoms with Gasteiger partial charge in [0.25, 0.3) is 0 Å². The van der Waals surface area contributed by atoms with E-state index in [1.54, 1.807) is 0 Å². The fraction of sp³-hybridized carbons (Fsp3) is 0.0909. The van der Waals surface area contributed by atoms with Gasteiger partial charge < -0.3 is 9.47 Å². The summed E-state index contributed by atoms with van der Waals surface area (Å²) in [5.74, 6) is 0. The molecule has 0 bridgehead atoms. The molecule has 0 fully saturated rings.